The van der Waals surface area contributed by atoms with Gasteiger partial charge in [-0.25, -0.2) is 8.42 Å². The predicted molar refractivity (Wildman–Crippen MR) is 146 cm³/mol. The number of rotatable bonds is 12. The van der Waals surface area contributed by atoms with Crippen LogP contribution in [0.2, 0.25) is 0 Å². The average molecular weight is 540 g/mol. The van der Waals surface area contributed by atoms with Crippen LogP contribution in [-0.4, -0.2) is 58.5 Å². The topological polar surface area (TPSA) is 105 Å². The minimum absolute atomic E-state index is 0.0340. The van der Waals surface area contributed by atoms with Crippen molar-refractivity contribution in [1.29, 1.82) is 0 Å². The molecule has 0 aliphatic heterocycles. The lowest BCUT2D eigenvalue weighted by molar-refractivity contribution is -0.139. The number of sulfonamides is 1. The van der Waals surface area contributed by atoms with Gasteiger partial charge in [-0.3, -0.25) is 13.9 Å². The van der Waals surface area contributed by atoms with Gasteiger partial charge in [-0.1, -0.05) is 36.4 Å². The summed E-state index contributed by atoms with van der Waals surface area (Å²) in [5.41, 5.74) is 0.987. The lowest BCUT2D eigenvalue weighted by Crippen LogP contribution is -2.51. The van der Waals surface area contributed by atoms with E-state index in [-0.39, 0.29) is 23.0 Å². The van der Waals surface area contributed by atoms with Crippen LogP contribution in [0.5, 0.6) is 11.5 Å². The van der Waals surface area contributed by atoms with E-state index < -0.39 is 28.5 Å². The number of nitrogens with one attached hydrogen (secondary N) is 1. The van der Waals surface area contributed by atoms with Crippen molar-refractivity contribution in [2.75, 3.05) is 31.6 Å². The normalized spacial score (nSPS) is 11.8. The molecule has 0 aliphatic carbocycles. The first-order valence-corrected chi connectivity index (χ1v) is 13.6. The minimum atomic E-state index is -4.14. The molecule has 0 bridgehead atoms. The number of nitrogens with zero attached hydrogens (tertiary/aromatic N) is 2. The highest BCUT2D eigenvalue weighted by molar-refractivity contribution is 7.92. The monoisotopic (exact) mass is 539 g/mol. The Balaban J connectivity index is 2.04. The third-order valence-corrected chi connectivity index (χ3v) is 7.74. The van der Waals surface area contributed by atoms with E-state index in [1.807, 2.05) is 6.07 Å². The molecule has 2 amide bonds. The van der Waals surface area contributed by atoms with Crippen molar-refractivity contribution in [3.63, 3.8) is 0 Å². The highest BCUT2D eigenvalue weighted by Gasteiger charge is 2.32. The number of anilines is 1. The molecule has 38 heavy (non-hydrogen) atoms. The third kappa shape index (κ3) is 6.83. The molecule has 0 heterocycles. The van der Waals surface area contributed by atoms with Gasteiger partial charge >= 0.3 is 0 Å². The molecule has 0 saturated heterocycles. The fraction of sp³-hybridized carbons (Fsp3) is 0.286. The molecule has 0 aliphatic rings. The van der Waals surface area contributed by atoms with Crippen LogP contribution in [0.3, 0.4) is 0 Å². The van der Waals surface area contributed by atoms with Gasteiger partial charge in [-0.15, -0.1) is 0 Å². The number of amides is 2. The quantitative estimate of drug-likeness (QED) is 0.378. The van der Waals surface area contributed by atoms with Gasteiger partial charge in [-0.2, -0.15) is 0 Å². The van der Waals surface area contributed by atoms with E-state index in [9.17, 15) is 18.0 Å². The lowest BCUT2D eigenvalue weighted by atomic mass is 10.1. The maximum atomic E-state index is 13.8. The molecule has 0 aromatic heterocycles. The van der Waals surface area contributed by atoms with E-state index in [4.69, 9.17) is 9.47 Å². The summed E-state index contributed by atoms with van der Waals surface area (Å²) in [5, 5.41) is 2.74. The predicted octanol–water partition coefficient (Wildman–Crippen LogP) is 3.45. The summed E-state index contributed by atoms with van der Waals surface area (Å²) in [6.45, 7) is 3.34. The van der Waals surface area contributed by atoms with Crippen LogP contribution in [0.25, 0.3) is 0 Å². The summed E-state index contributed by atoms with van der Waals surface area (Å²) in [7, 11) is -1.12. The molecular formula is C28H33N3O6S. The zero-order chi connectivity index (χ0) is 27.7. The molecular weight excluding hydrogens is 506 g/mol. The molecule has 3 aromatic rings. The van der Waals surface area contributed by atoms with Crippen LogP contribution >= 0.6 is 0 Å². The highest BCUT2D eigenvalue weighted by Crippen LogP contribution is 2.27. The zero-order valence-corrected chi connectivity index (χ0v) is 22.8. The molecule has 202 valence electrons. The fourth-order valence-electron chi connectivity index (χ4n) is 3.89. The van der Waals surface area contributed by atoms with E-state index >= 15 is 0 Å². The van der Waals surface area contributed by atoms with E-state index in [0.717, 1.165) is 9.87 Å². The van der Waals surface area contributed by atoms with Gasteiger partial charge in [-0.05, 0) is 55.8 Å². The molecule has 0 spiro atoms. The number of hydrogen-bond acceptors (Lipinski definition) is 6. The highest BCUT2D eigenvalue weighted by atomic mass is 32.2. The second kappa shape index (κ2) is 13.0. The van der Waals surface area contributed by atoms with Gasteiger partial charge in [0.15, 0.2) is 0 Å². The number of carbonyl (C=O) groups excluding carboxylic acids is 2. The molecule has 1 unspecified atom stereocenters. The number of methoxy groups -OCH3 is 2. The van der Waals surface area contributed by atoms with Gasteiger partial charge in [0, 0.05) is 19.2 Å². The summed E-state index contributed by atoms with van der Waals surface area (Å²) in [4.78, 5) is 28.0. The first kappa shape index (κ1) is 28.5. The van der Waals surface area contributed by atoms with Crippen LogP contribution in [-0.2, 0) is 26.2 Å². The summed E-state index contributed by atoms with van der Waals surface area (Å²) in [5.74, 6) is 0.147. The SMILES string of the molecule is CCNC(=O)C(C)N(Cc1cccc(OC)c1)C(=O)CN(c1cccc(OC)c1)S(=O)(=O)c1ccccc1. The second-order valence-corrected chi connectivity index (χ2v) is 10.3. The molecule has 0 saturated carbocycles. The number of likely N-dealkylation sites (N-methyl/N-ethyl adjacent to an activating group) is 1. The minimum Gasteiger partial charge on any atom is -0.497 e. The standard InChI is InChI=1S/C28H33N3O6S/c1-5-29-28(33)21(2)30(19-22-11-9-13-24(17-22)36-3)27(32)20-31(23-12-10-14-25(18-23)37-4)38(34,35)26-15-7-6-8-16-26/h6-18,21H,5,19-20H2,1-4H3,(H,29,33). The Morgan fingerprint density at radius 1 is 0.895 bits per heavy atom. The summed E-state index contributed by atoms with van der Waals surface area (Å²) in [6.07, 6.45) is 0. The Labute approximate surface area is 224 Å². The van der Waals surface area contributed by atoms with E-state index in [1.165, 1.54) is 24.1 Å². The van der Waals surface area contributed by atoms with Crippen LogP contribution < -0.4 is 19.1 Å². The van der Waals surface area contributed by atoms with Crippen molar-refractivity contribution in [1.82, 2.24) is 10.2 Å². The van der Waals surface area contributed by atoms with Crippen molar-refractivity contribution < 1.29 is 27.5 Å². The van der Waals surface area contributed by atoms with Crippen LogP contribution in [0.15, 0.2) is 83.8 Å². The maximum absolute atomic E-state index is 13.8. The van der Waals surface area contributed by atoms with Gasteiger partial charge in [0.1, 0.15) is 24.1 Å². The first-order valence-electron chi connectivity index (χ1n) is 12.1. The van der Waals surface area contributed by atoms with Gasteiger partial charge in [0.2, 0.25) is 11.8 Å². The number of carbonyl (C=O) groups is 2. The van der Waals surface area contributed by atoms with Crippen molar-refractivity contribution in [3.05, 3.63) is 84.4 Å². The van der Waals surface area contributed by atoms with Crippen molar-refractivity contribution in [2.24, 2.45) is 0 Å². The molecule has 0 fully saturated rings. The molecule has 0 radical (unpaired) electrons. The van der Waals surface area contributed by atoms with Crippen LogP contribution in [0.1, 0.15) is 19.4 Å². The van der Waals surface area contributed by atoms with Gasteiger partial charge < -0.3 is 19.7 Å². The molecule has 1 N–H and O–H groups in total. The zero-order valence-electron chi connectivity index (χ0n) is 22.0. The molecule has 1 atom stereocenters. The maximum Gasteiger partial charge on any atom is 0.264 e. The van der Waals surface area contributed by atoms with E-state index in [0.29, 0.717) is 18.0 Å². The Bertz CT molecular complexity index is 1350. The molecule has 10 heteroatoms. The molecule has 3 rings (SSSR count). The van der Waals surface area contributed by atoms with Crippen molar-refractivity contribution in [2.45, 2.75) is 31.3 Å². The average Bonchev–Trinajstić information content (AvgIpc) is 2.94. The van der Waals surface area contributed by atoms with Gasteiger partial charge in [0.25, 0.3) is 10.0 Å². The Morgan fingerprint density at radius 3 is 2.16 bits per heavy atom. The summed E-state index contributed by atoms with van der Waals surface area (Å²) >= 11 is 0. The molecule has 9 nitrogen and oxygen atoms in total. The van der Waals surface area contributed by atoms with E-state index in [1.54, 1.807) is 81.6 Å². The second-order valence-electron chi connectivity index (χ2n) is 8.47. The third-order valence-electron chi connectivity index (χ3n) is 5.96. The first-order chi connectivity index (χ1) is 18.2. The van der Waals surface area contributed by atoms with Crippen molar-refractivity contribution >= 4 is 27.5 Å². The number of ether oxygens (including phenoxy) is 2. The van der Waals surface area contributed by atoms with Crippen LogP contribution in [0, 0.1) is 0 Å². The Morgan fingerprint density at radius 2 is 1.53 bits per heavy atom. The smallest absolute Gasteiger partial charge is 0.264 e. The Kier molecular flexibility index (Phi) is 9.72. The number of hydrogen-bond donors (Lipinski definition) is 1. The molecule has 3 aromatic carbocycles. The van der Waals surface area contributed by atoms with Gasteiger partial charge in [0.05, 0.1) is 24.8 Å². The largest absolute Gasteiger partial charge is 0.497 e. The Hall–Kier alpha value is -4.05. The lowest BCUT2D eigenvalue weighted by Gasteiger charge is -2.32. The fourth-order valence-corrected chi connectivity index (χ4v) is 5.31. The van der Waals surface area contributed by atoms with Crippen LogP contribution in [0.4, 0.5) is 5.69 Å². The van der Waals surface area contributed by atoms with E-state index in [2.05, 4.69) is 5.32 Å². The summed E-state index contributed by atoms with van der Waals surface area (Å²) < 4.78 is 39.1. The van der Waals surface area contributed by atoms with Crippen molar-refractivity contribution in [3.8, 4) is 11.5 Å². The summed E-state index contributed by atoms with van der Waals surface area (Å²) in [6, 6.07) is 20.6. The number of benzene rings is 3.